The van der Waals surface area contributed by atoms with Crippen molar-refractivity contribution in [1.29, 1.82) is 5.26 Å². The predicted molar refractivity (Wildman–Crippen MR) is 101 cm³/mol. The van der Waals surface area contributed by atoms with Crippen molar-refractivity contribution in [1.82, 2.24) is 0 Å². The first kappa shape index (κ1) is 18.7. The van der Waals surface area contributed by atoms with Crippen LogP contribution in [0.15, 0.2) is 46.9 Å². The molecular weight excluding hydrogens is 384 g/mol. The van der Waals surface area contributed by atoms with Gasteiger partial charge in [-0.25, -0.2) is 0 Å². The van der Waals surface area contributed by atoms with Gasteiger partial charge in [-0.05, 0) is 70.7 Å². The van der Waals surface area contributed by atoms with Crippen LogP contribution in [0.2, 0.25) is 0 Å². The van der Waals surface area contributed by atoms with Gasteiger partial charge in [0.2, 0.25) is 0 Å². The number of hydrogen-bond donors (Lipinski definition) is 0. The highest BCUT2D eigenvalue weighted by atomic mass is 79.9. The lowest BCUT2D eigenvalue weighted by molar-refractivity contribution is -0.384. The van der Waals surface area contributed by atoms with Crippen LogP contribution in [0.3, 0.4) is 0 Å². The third-order valence-corrected chi connectivity index (χ3v) is 4.30. The minimum absolute atomic E-state index is 0.00432. The molecule has 0 aliphatic rings. The van der Waals surface area contributed by atoms with Crippen molar-refractivity contribution in [3.8, 4) is 11.8 Å². The van der Waals surface area contributed by atoms with E-state index in [1.807, 2.05) is 25.1 Å². The average molecular weight is 401 g/mol. The number of allylic oxidation sites excluding steroid dienone is 1. The van der Waals surface area contributed by atoms with E-state index in [4.69, 9.17) is 4.74 Å². The Morgan fingerprint density at radius 1 is 1.36 bits per heavy atom. The van der Waals surface area contributed by atoms with Gasteiger partial charge in [-0.3, -0.25) is 10.1 Å². The SMILES string of the molecule is CC[C@@H](C)Oc1ccc(/C=C(/C#N)c2ccc([N+](=O)[O-])cc2)cc1Br. The van der Waals surface area contributed by atoms with E-state index in [-0.39, 0.29) is 11.8 Å². The quantitative estimate of drug-likeness (QED) is 0.273. The summed E-state index contributed by atoms with van der Waals surface area (Å²) in [5.41, 5.74) is 1.88. The number of rotatable bonds is 6. The first-order valence-electron chi connectivity index (χ1n) is 7.77. The van der Waals surface area contributed by atoms with Crippen LogP contribution >= 0.6 is 15.9 Å². The second-order valence-electron chi connectivity index (χ2n) is 5.50. The Kier molecular flexibility index (Phi) is 6.31. The first-order valence-corrected chi connectivity index (χ1v) is 8.56. The third kappa shape index (κ3) is 4.91. The van der Waals surface area contributed by atoms with E-state index in [9.17, 15) is 15.4 Å². The molecule has 0 spiro atoms. The molecule has 0 amide bonds. The van der Waals surface area contributed by atoms with Gasteiger partial charge in [0.1, 0.15) is 5.75 Å². The van der Waals surface area contributed by atoms with E-state index >= 15 is 0 Å². The fourth-order valence-corrected chi connectivity index (χ4v) is 2.60. The zero-order valence-corrected chi connectivity index (χ0v) is 15.5. The van der Waals surface area contributed by atoms with Crippen molar-refractivity contribution in [2.24, 2.45) is 0 Å². The number of nitro groups is 1. The Morgan fingerprint density at radius 2 is 2.04 bits per heavy atom. The highest BCUT2D eigenvalue weighted by Crippen LogP contribution is 2.29. The molecule has 0 heterocycles. The summed E-state index contributed by atoms with van der Waals surface area (Å²) in [5, 5.41) is 20.1. The molecule has 2 rings (SSSR count). The molecule has 0 saturated carbocycles. The van der Waals surface area contributed by atoms with Crippen LogP contribution < -0.4 is 4.74 Å². The van der Waals surface area contributed by atoms with E-state index in [0.717, 1.165) is 22.2 Å². The number of non-ortho nitro benzene ring substituents is 1. The molecule has 0 aliphatic carbocycles. The predicted octanol–water partition coefficient (Wildman–Crippen LogP) is 5.60. The molecular formula is C19H17BrN2O3. The Morgan fingerprint density at radius 3 is 2.56 bits per heavy atom. The lowest BCUT2D eigenvalue weighted by Crippen LogP contribution is -2.09. The molecule has 5 nitrogen and oxygen atoms in total. The van der Waals surface area contributed by atoms with Gasteiger partial charge in [-0.2, -0.15) is 5.26 Å². The first-order chi connectivity index (χ1) is 11.9. The zero-order valence-electron chi connectivity index (χ0n) is 13.9. The number of nitrogens with zero attached hydrogens (tertiary/aromatic N) is 2. The molecule has 2 aromatic rings. The molecule has 25 heavy (non-hydrogen) atoms. The van der Waals surface area contributed by atoms with Gasteiger partial charge < -0.3 is 4.74 Å². The van der Waals surface area contributed by atoms with Crippen LogP contribution in [0.5, 0.6) is 5.75 Å². The maximum atomic E-state index is 10.7. The van der Waals surface area contributed by atoms with Gasteiger partial charge in [-0.1, -0.05) is 13.0 Å². The van der Waals surface area contributed by atoms with Crippen LogP contribution in [-0.2, 0) is 0 Å². The molecule has 0 N–H and O–H groups in total. The van der Waals surface area contributed by atoms with Crippen LogP contribution in [0.25, 0.3) is 11.6 Å². The van der Waals surface area contributed by atoms with E-state index in [1.54, 1.807) is 18.2 Å². The molecule has 0 saturated heterocycles. The maximum Gasteiger partial charge on any atom is 0.269 e. The lowest BCUT2D eigenvalue weighted by Gasteiger charge is -2.14. The van der Waals surface area contributed by atoms with Crippen molar-refractivity contribution in [2.45, 2.75) is 26.4 Å². The van der Waals surface area contributed by atoms with Crippen molar-refractivity contribution < 1.29 is 9.66 Å². The summed E-state index contributed by atoms with van der Waals surface area (Å²) in [6.07, 6.45) is 2.76. The molecule has 0 aliphatic heterocycles. The van der Waals surface area contributed by atoms with E-state index in [0.29, 0.717) is 11.1 Å². The minimum atomic E-state index is -0.466. The summed E-state index contributed by atoms with van der Waals surface area (Å²) in [6, 6.07) is 13.7. The third-order valence-electron chi connectivity index (χ3n) is 3.68. The summed E-state index contributed by atoms with van der Waals surface area (Å²) in [6.45, 7) is 4.06. The Hall–Kier alpha value is -2.65. The van der Waals surface area contributed by atoms with Gasteiger partial charge >= 0.3 is 0 Å². The standard InChI is InChI=1S/C19H17BrN2O3/c1-3-13(2)25-19-9-4-14(11-18(19)20)10-16(12-21)15-5-7-17(8-6-15)22(23)24/h4-11,13H,3H2,1-2H3/b16-10-/t13-/m1/s1. The van der Waals surface area contributed by atoms with Crippen molar-refractivity contribution >= 4 is 33.3 Å². The van der Waals surface area contributed by atoms with Crippen LogP contribution in [0, 0.1) is 21.4 Å². The normalized spacial score (nSPS) is 12.3. The zero-order chi connectivity index (χ0) is 18.4. The van der Waals surface area contributed by atoms with Gasteiger partial charge in [-0.15, -0.1) is 0 Å². The molecule has 0 radical (unpaired) electrons. The number of halogens is 1. The van der Waals surface area contributed by atoms with Gasteiger partial charge in [0.25, 0.3) is 5.69 Å². The van der Waals surface area contributed by atoms with E-state index in [1.165, 1.54) is 12.1 Å². The van der Waals surface area contributed by atoms with Gasteiger partial charge in [0.05, 0.1) is 27.1 Å². The topological polar surface area (TPSA) is 76.2 Å². The highest BCUT2D eigenvalue weighted by Gasteiger charge is 2.09. The fraction of sp³-hybridized carbons (Fsp3) is 0.211. The Labute approximate surface area is 154 Å². The van der Waals surface area contributed by atoms with Crippen LogP contribution in [0.4, 0.5) is 5.69 Å². The molecule has 2 aromatic carbocycles. The van der Waals surface area contributed by atoms with Crippen molar-refractivity contribution in [2.75, 3.05) is 0 Å². The van der Waals surface area contributed by atoms with E-state index < -0.39 is 4.92 Å². The molecule has 0 unspecified atom stereocenters. The molecule has 6 heteroatoms. The largest absolute Gasteiger partial charge is 0.490 e. The monoisotopic (exact) mass is 400 g/mol. The van der Waals surface area contributed by atoms with E-state index in [2.05, 4.69) is 28.9 Å². The molecule has 0 bridgehead atoms. The maximum absolute atomic E-state index is 10.7. The number of nitriles is 1. The van der Waals surface area contributed by atoms with Crippen LogP contribution in [-0.4, -0.2) is 11.0 Å². The van der Waals surface area contributed by atoms with Crippen molar-refractivity contribution in [3.05, 3.63) is 68.2 Å². The molecule has 0 fully saturated rings. The lowest BCUT2D eigenvalue weighted by atomic mass is 10.0. The summed E-state index contributed by atoms with van der Waals surface area (Å²) in [7, 11) is 0. The number of ether oxygens (including phenoxy) is 1. The Bertz CT molecular complexity index is 839. The van der Waals surface area contributed by atoms with Crippen molar-refractivity contribution in [3.63, 3.8) is 0 Å². The number of benzene rings is 2. The molecule has 0 aromatic heterocycles. The highest BCUT2D eigenvalue weighted by molar-refractivity contribution is 9.10. The smallest absolute Gasteiger partial charge is 0.269 e. The number of nitro benzene ring substituents is 1. The minimum Gasteiger partial charge on any atom is -0.490 e. The summed E-state index contributed by atoms with van der Waals surface area (Å²) < 4.78 is 6.61. The number of hydrogen-bond acceptors (Lipinski definition) is 4. The van der Waals surface area contributed by atoms with Gasteiger partial charge in [0, 0.05) is 12.1 Å². The van der Waals surface area contributed by atoms with Crippen LogP contribution in [0.1, 0.15) is 31.4 Å². The summed E-state index contributed by atoms with van der Waals surface area (Å²) >= 11 is 3.49. The second kappa shape index (κ2) is 8.45. The van der Waals surface area contributed by atoms with Gasteiger partial charge in [0.15, 0.2) is 0 Å². The summed E-state index contributed by atoms with van der Waals surface area (Å²) in [4.78, 5) is 10.3. The summed E-state index contributed by atoms with van der Waals surface area (Å²) in [5.74, 6) is 0.750. The second-order valence-corrected chi connectivity index (χ2v) is 6.35. The average Bonchev–Trinajstić information content (AvgIpc) is 2.61. The Balaban J connectivity index is 2.29. The molecule has 128 valence electrons. The molecule has 1 atom stereocenters. The fourth-order valence-electron chi connectivity index (χ4n) is 2.11.